The first kappa shape index (κ1) is 13.6. The van der Waals surface area contributed by atoms with Crippen LogP contribution in [0.15, 0.2) is 24.8 Å². The van der Waals surface area contributed by atoms with E-state index in [-0.39, 0.29) is 6.04 Å². The lowest BCUT2D eigenvalue weighted by Crippen LogP contribution is -2.23. The zero-order chi connectivity index (χ0) is 13.7. The largest absolute Gasteiger partial charge is 0.383 e. The molecule has 2 heterocycles. The van der Waals surface area contributed by atoms with Crippen LogP contribution in [0.4, 0.5) is 5.95 Å². The number of hydrogen-bond donors (Lipinski definition) is 1. The molecule has 0 amide bonds. The first-order valence-electron chi connectivity index (χ1n) is 6.43. The molecular weight excluding hydrogens is 242 g/mol. The summed E-state index contributed by atoms with van der Waals surface area (Å²) in [6.07, 6.45) is 8.68. The van der Waals surface area contributed by atoms with Gasteiger partial charge in [0.2, 0.25) is 5.95 Å². The van der Waals surface area contributed by atoms with Gasteiger partial charge in [-0.25, -0.2) is 4.98 Å². The predicted octanol–water partition coefficient (Wildman–Crippen LogP) is 1.31. The van der Waals surface area contributed by atoms with Gasteiger partial charge in [-0.15, -0.1) is 0 Å². The van der Waals surface area contributed by atoms with Crippen LogP contribution >= 0.6 is 0 Å². The number of methoxy groups -OCH3 is 1. The van der Waals surface area contributed by atoms with Gasteiger partial charge in [-0.3, -0.25) is 4.68 Å². The van der Waals surface area contributed by atoms with Crippen molar-refractivity contribution >= 4 is 5.95 Å². The Bertz CT molecular complexity index is 505. The number of rotatable bonds is 7. The summed E-state index contributed by atoms with van der Waals surface area (Å²) < 4.78 is 9.05. The van der Waals surface area contributed by atoms with Crippen LogP contribution in [0.5, 0.6) is 0 Å². The zero-order valence-corrected chi connectivity index (χ0v) is 11.7. The summed E-state index contributed by atoms with van der Waals surface area (Å²) in [7, 11) is 3.63. The first-order valence-corrected chi connectivity index (χ1v) is 6.43. The Balaban J connectivity index is 1.92. The fraction of sp³-hybridized carbons (Fsp3) is 0.538. The van der Waals surface area contributed by atoms with Gasteiger partial charge in [-0.05, 0) is 18.9 Å². The fourth-order valence-corrected chi connectivity index (χ4v) is 1.99. The van der Waals surface area contributed by atoms with E-state index in [9.17, 15) is 0 Å². The Morgan fingerprint density at radius 3 is 3.00 bits per heavy atom. The smallest absolute Gasteiger partial charge is 0.203 e. The van der Waals surface area contributed by atoms with Crippen LogP contribution in [0.1, 0.15) is 12.5 Å². The molecule has 0 aliphatic carbocycles. The van der Waals surface area contributed by atoms with Gasteiger partial charge in [0, 0.05) is 45.3 Å². The van der Waals surface area contributed by atoms with Gasteiger partial charge in [0.15, 0.2) is 0 Å². The van der Waals surface area contributed by atoms with Crippen molar-refractivity contribution in [3.05, 3.63) is 30.4 Å². The molecular formula is C13H21N5O. The molecule has 0 aliphatic heterocycles. The lowest BCUT2D eigenvalue weighted by Gasteiger charge is -2.15. The van der Waals surface area contributed by atoms with E-state index in [4.69, 9.17) is 4.74 Å². The summed E-state index contributed by atoms with van der Waals surface area (Å²) in [4.78, 5) is 4.33. The monoisotopic (exact) mass is 263 g/mol. The summed E-state index contributed by atoms with van der Waals surface area (Å²) in [5.41, 5.74) is 1.23. The van der Waals surface area contributed by atoms with Gasteiger partial charge in [-0.2, -0.15) is 5.10 Å². The van der Waals surface area contributed by atoms with Crippen molar-refractivity contribution in [2.24, 2.45) is 7.05 Å². The van der Waals surface area contributed by atoms with Crippen LogP contribution in [0.25, 0.3) is 0 Å². The first-order chi connectivity index (χ1) is 9.19. The van der Waals surface area contributed by atoms with Crippen molar-refractivity contribution in [1.82, 2.24) is 19.3 Å². The highest BCUT2D eigenvalue weighted by atomic mass is 16.5. The Labute approximate surface area is 113 Å². The maximum Gasteiger partial charge on any atom is 0.203 e. The van der Waals surface area contributed by atoms with E-state index in [0.717, 1.165) is 18.9 Å². The maximum absolute atomic E-state index is 5.11. The van der Waals surface area contributed by atoms with E-state index in [2.05, 4.69) is 26.9 Å². The molecule has 2 rings (SSSR count). The summed E-state index contributed by atoms with van der Waals surface area (Å²) in [5.74, 6) is 0.883. The fourth-order valence-electron chi connectivity index (χ4n) is 1.99. The average molecular weight is 263 g/mol. The SMILES string of the molecule is COCC(C)Nc1nccn1CCc1cnn(C)c1. The number of imidazole rings is 1. The lowest BCUT2D eigenvalue weighted by molar-refractivity contribution is 0.190. The molecule has 0 aliphatic rings. The number of aromatic nitrogens is 4. The molecule has 0 radical (unpaired) electrons. The minimum absolute atomic E-state index is 0.240. The van der Waals surface area contributed by atoms with Crippen LogP contribution in [-0.2, 0) is 24.8 Å². The molecule has 0 fully saturated rings. The number of hydrogen-bond acceptors (Lipinski definition) is 4. The second-order valence-electron chi connectivity index (χ2n) is 4.72. The Morgan fingerprint density at radius 1 is 1.47 bits per heavy atom. The molecule has 0 aromatic carbocycles. The second kappa shape index (κ2) is 6.38. The van der Waals surface area contributed by atoms with Gasteiger partial charge in [0.1, 0.15) is 0 Å². The highest BCUT2D eigenvalue weighted by Crippen LogP contribution is 2.08. The minimum Gasteiger partial charge on any atom is -0.383 e. The molecule has 1 atom stereocenters. The predicted molar refractivity (Wildman–Crippen MR) is 74.1 cm³/mol. The molecule has 2 aromatic rings. The normalized spacial score (nSPS) is 12.6. The molecule has 1 unspecified atom stereocenters. The molecule has 0 spiro atoms. The molecule has 1 N–H and O–H groups in total. The Hall–Kier alpha value is -1.82. The maximum atomic E-state index is 5.11. The molecule has 104 valence electrons. The van der Waals surface area contributed by atoms with E-state index < -0.39 is 0 Å². The summed E-state index contributed by atoms with van der Waals surface area (Å²) in [5, 5.41) is 7.51. The molecule has 6 nitrogen and oxygen atoms in total. The minimum atomic E-state index is 0.240. The number of nitrogens with zero attached hydrogens (tertiary/aromatic N) is 4. The highest BCUT2D eigenvalue weighted by Gasteiger charge is 2.07. The van der Waals surface area contributed by atoms with Gasteiger partial charge in [0.25, 0.3) is 0 Å². The summed E-state index contributed by atoms with van der Waals surface area (Å²) >= 11 is 0. The third kappa shape index (κ3) is 3.82. The van der Waals surface area contributed by atoms with Gasteiger partial charge in [-0.1, -0.05) is 0 Å². The standard InChI is InChI=1S/C13H21N5O/c1-11(10-19-3)16-13-14-5-7-18(13)6-4-12-8-15-17(2)9-12/h5,7-9,11H,4,6,10H2,1-3H3,(H,14,16). The zero-order valence-electron chi connectivity index (χ0n) is 11.7. The van der Waals surface area contributed by atoms with Crippen molar-refractivity contribution in [2.45, 2.75) is 25.9 Å². The third-order valence-electron chi connectivity index (χ3n) is 2.91. The van der Waals surface area contributed by atoms with Crippen molar-refractivity contribution in [3.8, 4) is 0 Å². The van der Waals surface area contributed by atoms with Gasteiger partial charge < -0.3 is 14.6 Å². The second-order valence-corrected chi connectivity index (χ2v) is 4.72. The molecule has 0 saturated heterocycles. The van der Waals surface area contributed by atoms with Crippen LogP contribution in [0, 0.1) is 0 Å². The van der Waals surface area contributed by atoms with E-state index >= 15 is 0 Å². The lowest BCUT2D eigenvalue weighted by atomic mass is 10.2. The van der Waals surface area contributed by atoms with E-state index in [0.29, 0.717) is 6.61 Å². The summed E-state index contributed by atoms with van der Waals surface area (Å²) in [6, 6.07) is 0.240. The van der Waals surface area contributed by atoms with Crippen LogP contribution < -0.4 is 5.32 Å². The van der Waals surface area contributed by atoms with E-state index in [1.54, 1.807) is 7.11 Å². The third-order valence-corrected chi connectivity index (χ3v) is 2.91. The Morgan fingerprint density at radius 2 is 2.32 bits per heavy atom. The number of nitrogens with one attached hydrogen (secondary N) is 1. The average Bonchev–Trinajstić information content (AvgIpc) is 2.96. The van der Waals surface area contributed by atoms with Crippen LogP contribution in [0.2, 0.25) is 0 Å². The van der Waals surface area contributed by atoms with Crippen molar-refractivity contribution in [2.75, 3.05) is 19.0 Å². The van der Waals surface area contributed by atoms with Crippen molar-refractivity contribution < 1.29 is 4.74 Å². The highest BCUT2D eigenvalue weighted by molar-refractivity contribution is 5.27. The number of aryl methyl sites for hydroxylation is 3. The number of ether oxygens (including phenoxy) is 1. The van der Waals surface area contributed by atoms with Crippen molar-refractivity contribution in [3.63, 3.8) is 0 Å². The molecule has 19 heavy (non-hydrogen) atoms. The topological polar surface area (TPSA) is 56.9 Å². The van der Waals surface area contributed by atoms with E-state index in [1.165, 1.54) is 5.56 Å². The van der Waals surface area contributed by atoms with Crippen LogP contribution in [0.3, 0.4) is 0 Å². The molecule has 0 saturated carbocycles. The van der Waals surface area contributed by atoms with Gasteiger partial charge in [0.05, 0.1) is 12.8 Å². The number of anilines is 1. The summed E-state index contributed by atoms with van der Waals surface area (Å²) in [6.45, 7) is 3.62. The quantitative estimate of drug-likeness (QED) is 0.818. The molecule has 0 bridgehead atoms. The van der Waals surface area contributed by atoms with Crippen molar-refractivity contribution in [1.29, 1.82) is 0 Å². The van der Waals surface area contributed by atoms with Crippen LogP contribution in [-0.4, -0.2) is 39.1 Å². The molecule has 6 heteroatoms. The Kier molecular flexibility index (Phi) is 4.57. The van der Waals surface area contributed by atoms with E-state index in [1.807, 2.05) is 36.5 Å². The van der Waals surface area contributed by atoms with Gasteiger partial charge >= 0.3 is 0 Å². The molecule has 2 aromatic heterocycles.